The molecule has 1 amide bonds. The summed E-state index contributed by atoms with van der Waals surface area (Å²) < 4.78 is 1.88. The molecule has 0 saturated heterocycles. The summed E-state index contributed by atoms with van der Waals surface area (Å²) in [4.78, 5) is 14.1. The van der Waals surface area contributed by atoms with E-state index >= 15 is 0 Å². The third-order valence-electron chi connectivity index (χ3n) is 2.61. The number of nitrogen functional groups attached to an aromatic ring is 1. The van der Waals surface area contributed by atoms with Gasteiger partial charge in [-0.2, -0.15) is 0 Å². The predicted octanol–water partition coefficient (Wildman–Crippen LogP) is 2.13. The van der Waals surface area contributed by atoms with E-state index in [1.165, 1.54) is 0 Å². The van der Waals surface area contributed by atoms with E-state index in [1.54, 1.807) is 23.2 Å². The molecule has 0 aliphatic carbocycles. The molecule has 0 radical (unpaired) electrons. The SMILES string of the molecule is C=CCN(CCC)C(=O)c1cc(N)cn1CC. The molecule has 0 saturated carbocycles. The minimum atomic E-state index is 0.0188. The number of hydrogen-bond acceptors (Lipinski definition) is 2. The lowest BCUT2D eigenvalue weighted by molar-refractivity contribution is 0.0763. The lowest BCUT2D eigenvalue weighted by Gasteiger charge is -2.20. The van der Waals surface area contributed by atoms with Crippen LogP contribution in [0.25, 0.3) is 0 Å². The smallest absolute Gasteiger partial charge is 0.270 e. The van der Waals surface area contributed by atoms with Crippen molar-refractivity contribution in [3.8, 4) is 0 Å². The molecule has 0 aliphatic rings. The Bertz CT molecular complexity index is 395. The molecule has 17 heavy (non-hydrogen) atoms. The highest BCUT2D eigenvalue weighted by atomic mass is 16.2. The molecule has 4 heteroatoms. The van der Waals surface area contributed by atoms with Gasteiger partial charge in [0.25, 0.3) is 5.91 Å². The number of hydrogen-bond donors (Lipinski definition) is 1. The summed E-state index contributed by atoms with van der Waals surface area (Å²) in [5.74, 6) is 0.0188. The average Bonchev–Trinajstić information content (AvgIpc) is 2.69. The van der Waals surface area contributed by atoms with Crippen LogP contribution >= 0.6 is 0 Å². The molecule has 94 valence electrons. The Balaban J connectivity index is 2.95. The van der Waals surface area contributed by atoms with Crippen molar-refractivity contribution in [1.82, 2.24) is 9.47 Å². The predicted molar refractivity (Wildman–Crippen MR) is 70.9 cm³/mol. The van der Waals surface area contributed by atoms with Gasteiger partial charge in [0.15, 0.2) is 0 Å². The lowest BCUT2D eigenvalue weighted by Crippen LogP contribution is -2.33. The van der Waals surface area contributed by atoms with E-state index in [4.69, 9.17) is 5.73 Å². The quantitative estimate of drug-likeness (QED) is 0.768. The van der Waals surface area contributed by atoms with Gasteiger partial charge >= 0.3 is 0 Å². The Hall–Kier alpha value is -1.71. The molecule has 0 fully saturated rings. The number of carbonyl (C=O) groups excluding carboxylic acids is 1. The van der Waals surface area contributed by atoms with E-state index in [0.29, 0.717) is 17.9 Å². The van der Waals surface area contributed by atoms with Crippen molar-refractivity contribution in [3.63, 3.8) is 0 Å². The summed E-state index contributed by atoms with van der Waals surface area (Å²) in [6.45, 7) is 9.78. The number of nitrogens with two attached hydrogens (primary N) is 1. The number of nitrogens with zero attached hydrogens (tertiary/aromatic N) is 2. The minimum absolute atomic E-state index is 0.0188. The fraction of sp³-hybridized carbons (Fsp3) is 0.462. The third kappa shape index (κ3) is 3.12. The second-order valence-electron chi connectivity index (χ2n) is 3.98. The second kappa shape index (κ2) is 6.13. The number of aryl methyl sites for hydroxylation is 1. The summed E-state index contributed by atoms with van der Waals surface area (Å²) in [6.07, 6.45) is 4.48. The first kappa shape index (κ1) is 13.4. The van der Waals surface area contributed by atoms with E-state index < -0.39 is 0 Å². The van der Waals surface area contributed by atoms with Crippen LogP contribution in [0.5, 0.6) is 0 Å². The second-order valence-corrected chi connectivity index (χ2v) is 3.98. The van der Waals surface area contributed by atoms with Gasteiger partial charge in [-0.05, 0) is 19.4 Å². The molecule has 1 heterocycles. The molecule has 0 aromatic carbocycles. The summed E-state index contributed by atoms with van der Waals surface area (Å²) in [5, 5.41) is 0. The van der Waals surface area contributed by atoms with E-state index in [-0.39, 0.29) is 5.91 Å². The fourth-order valence-electron chi connectivity index (χ4n) is 1.84. The van der Waals surface area contributed by atoms with Crippen molar-refractivity contribution in [2.45, 2.75) is 26.8 Å². The van der Waals surface area contributed by atoms with Crippen LogP contribution in [0.2, 0.25) is 0 Å². The van der Waals surface area contributed by atoms with Crippen LogP contribution in [0.1, 0.15) is 30.8 Å². The Morgan fingerprint density at radius 1 is 1.59 bits per heavy atom. The molecule has 4 nitrogen and oxygen atoms in total. The maximum atomic E-state index is 12.3. The number of aromatic nitrogens is 1. The van der Waals surface area contributed by atoms with Crippen molar-refractivity contribution in [2.75, 3.05) is 18.8 Å². The Kier molecular flexibility index (Phi) is 4.82. The van der Waals surface area contributed by atoms with Gasteiger partial charge in [-0.3, -0.25) is 4.79 Å². The maximum Gasteiger partial charge on any atom is 0.270 e. The summed E-state index contributed by atoms with van der Waals surface area (Å²) in [6, 6.07) is 1.73. The highest BCUT2D eigenvalue weighted by molar-refractivity contribution is 5.94. The number of rotatable bonds is 6. The van der Waals surface area contributed by atoms with Crippen LogP contribution in [0.4, 0.5) is 5.69 Å². The van der Waals surface area contributed by atoms with Crippen LogP contribution in [0.15, 0.2) is 24.9 Å². The molecule has 1 aromatic heterocycles. The molecule has 0 aliphatic heterocycles. The van der Waals surface area contributed by atoms with Crippen LogP contribution in [-0.4, -0.2) is 28.5 Å². The minimum Gasteiger partial charge on any atom is -0.397 e. The van der Waals surface area contributed by atoms with Crippen LogP contribution in [-0.2, 0) is 6.54 Å². The van der Waals surface area contributed by atoms with Gasteiger partial charge in [0.2, 0.25) is 0 Å². The zero-order valence-corrected chi connectivity index (χ0v) is 10.6. The van der Waals surface area contributed by atoms with Crippen LogP contribution in [0.3, 0.4) is 0 Å². The highest BCUT2D eigenvalue weighted by Gasteiger charge is 2.17. The molecule has 0 bridgehead atoms. The normalized spacial score (nSPS) is 10.2. The molecular weight excluding hydrogens is 214 g/mol. The monoisotopic (exact) mass is 235 g/mol. The van der Waals surface area contributed by atoms with Gasteiger partial charge in [-0.15, -0.1) is 6.58 Å². The summed E-state index contributed by atoms with van der Waals surface area (Å²) in [7, 11) is 0. The topological polar surface area (TPSA) is 51.3 Å². The first-order chi connectivity index (χ1) is 8.13. The van der Waals surface area contributed by atoms with E-state index in [9.17, 15) is 4.79 Å². The van der Waals surface area contributed by atoms with Crippen LogP contribution < -0.4 is 5.73 Å². The molecule has 1 rings (SSSR count). The van der Waals surface area contributed by atoms with Crippen molar-refractivity contribution < 1.29 is 4.79 Å². The maximum absolute atomic E-state index is 12.3. The van der Waals surface area contributed by atoms with Gasteiger partial charge in [0.1, 0.15) is 5.69 Å². The van der Waals surface area contributed by atoms with E-state index in [2.05, 4.69) is 13.5 Å². The van der Waals surface area contributed by atoms with Gasteiger partial charge in [0.05, 0.1) is 5.69 Å². The Morgan fingerprint density at radius 3 is 2.82 bits per heavy atom. The number of amides is 1. The van der Waals surface area contributed by atoms with Crippen molar-refractivity contribution in [3.05, 3.63) is 30.6 Å². The van der Waals surface area contributed by atoms with Gasteiger partial charge < -0.3 is 15.2 Å². The first-order valence-corrected chi connectivity index (χ1v) is 5.99. The van der Waals surface area contributed by atoms with E-state index in [1.807, 2.05) is 11.5 Å². The van der Waals surface area contributed by atoms with Crippen molar-refractivity contribution >= 4 is 11.6 Å². The zero-order valence-electron chi connectivity index (χ0n) is 10.6. The van der Waals surface area contributed by atoms with Gasteiger partial charge in [-0.1, -0.05) is 13.0 Å². The largest absolute Gasteiger partial charge is 0.397 e. The molecular formula is C13H21N3O. The molecule has 0 atom stereocenters. The molecule has 2 N–H and O–H groups in total. The fourth-order valence-corrected chi connectivity index (χ4v) is 1.84. The molecule has 0 unspecified atom stereocenters. The number of anilines is 1. The van der Waals surface area contributed by atoms with E-state index in [0.717, 1.165) is 19.5 Å². The Morgan fingerprint density at radius 2 is 2.29 bits per heavy atom. The van der Waals surface area contributed by atoms with Crippen LogP contribution in [0, 0.1) is 0 Å². The summed E-state index contributed by atoms with van der Waals surface area (Å²) >= 11 is 0. The third-order valence-corrected chi connectivity index (χ3v) is 2.61. The highest BCUT2D eigenvalue weighted by Crippen LogP contribution is 2.13. The summed E-state index contributed by atoms with van der Waals surface area (Å²) in [5.41, 5.74) is 7.01. The standard InChI is InChI=1S/C13H21N3O/c1-4-7-16(8-5-2)13(17)12-9-11(14)10-15(12)6-3/h4,9-10H,1,5-8,14H2,2-3H3. The molecule has 1 aromatic rings. The zero-order chi connectivity index (χ0) is 12.8. The average molecular weight is 235 g/mol. The van der Waals surface area contributed by atoms with Gasteiger partial charge in [-0.25, -0.2) is 0 Å². The number of carbonyl (C=O) groups is 1. The van der Waals surface area contributed by atoms with Crippen molar-refractivity contribution in [1.29, 1.82) is 0 Å². The Labute approximate surface area is 103 Å². The lowest BCUT2D eigenvalue weighted by atomic mass is 10.3. The van der Waals surface area contributed by atoms with Crippen molar-refractivity contribution in [2.24, 2.45) is 0 Å². The molecule has 0 spiro atoms. The first-order valence-electron chi connectivity index (χ1n) is 5.99. The van der Waals surface area contributed by atoms with Gasteiger partial charge in [0, 0.05) is 25.8 Å².